The van der Waals surface area contributed by atoms with E-state index in [1.165, 1.54) is 7.11 Å². The van der Waals surface area contributed by atoms with Crippen molar-refractivity contribution in [2.75, 3.05) is 7.11 Å². The van der Waals surface area contributed by atoms with E-state index >= 15 is 0 Å². The van der Waals surface area contributed by atoms with Crippen molar-refractivity contribution < 1.29 is 9.84 Å². The van der Waals surface area contributed by atoms with Gasteiger partial charge in [0.05, 0.1) is 7.11 Å². The van der Waals surface area contributed by atoms with E-state index < -0.39 is 0 Å². The van der Waals surface area contributed by atoms with Gasteiger partial charge in [0.1, 0.15) is 17.7 Å². The molecule has 0 bridgehead atoms. The van der Waals surface area contributed by atoms with E-state index in [1.54, 1.807) is 12.1 Å². The molecule has 0 saturated carbocycles. The molecule has 1 aromatic rings. The number of phenolic OH excluding ortho intramolecular Hbond substituents is 1. The Morgan fingerprint density at radius 1 is 1.21 bits per heavy atom. The summed E-state index contributed by atoms with van der Waals surface area (Å²) in [7, 11) is 1.51. The second-order valence-electron chi connectivity index (χ2n) is 6.63. The van der Waals surface area contributed by atoms with Gasteiger partial charge in [-0.15, -0.1) is 0 Å². The molecule has 1 N–H and O–H groups in total. The fourth-order valence-corrected chi connectivity index (χ4v) is 2.91. The minimum atomic E-state index is -0.00917. The van der Waals surface area contributed by atoms with Crippen LogP contribution in [0, 0.1) is 28.1 Å². The number of hydrogen-bond acceptors (Lipinski definition) is 4. The molecule has 4 heteroatoms. The van der Waals surface area contributed by atoms with Crippen LogP contribution in [0.25, 0.3) is 6.08 Å². The number of allylic oxidation sites excluding steroid dienone is 5. The van der Waals surface area contributed by atoms with Crippen LogP contribution in [0.1, 0.15) is 32.3 Å². The predicted molar refractivity (Wildman–Crippen MR) is 93.0 cm³/mol. The van der Waals surface area contributed by atoms with Crippen molar-refractivity contribution in [1.29, 1.82) is 10.5 Å². The molecule has 0 heterocycles. The summed E-state index contributed by atoms with van der Waals surface area (Å²) in [6.45, 7) is 4.25. The number of ether oxygens (including phenoxy) is 1. The Morgan fingerprint density at radius 2 is 1.92 bits per heavy atom. The van der Waals surface area contributed by atoms with E-state index in [4.69, 9.17) is 15.3 Å². The molecule has 24 heavy (non-hydrogen) atoms. The fourth-order valence-electron chi connectivity index (χ4n) is 2.91. The molecule has 0 saturated heterocycles. The van der Waals surface area contributed by atoms with Gasteiger partial charge in [0.2, 0.25) is 0 Å². The Bertz CT molecular complexity index is 799. The third-order valence-electron chi connectivity index (χ3n) is 3.95. The summed E-state index contributed by atoms with van der Waals surface area (Å²) in [5.74, 6) is 0.525. The van der Waals surface area contributed by atoms with Crippen molar-refractivity contribution in [3.8, 4) is 23.6 Å². The quantitative estimate of drug-likeness (QED) is 0.832. The first-order valence-electron chi connectivity index (χ1n) is 7.67. The summed E-state index contributed by atoms with van der Waals surface area (Å²) >= 11 is 0. The molecule has 2 rings (SSSR count). The predicted octanol–water partition coefficient (Wildman–Crippen LogP) is 4.50. The molecule has 1 aromatic carbocycles. The standard InChI is InChI=1S/C20H20N2O2/c1-20(2)10-15(8-16(11-20)17(12-21)13-22)5-4-14-6-7-19(24-3)18(23)9-14/h4-9,23H,10-11H2,1-3H3/b5-4+. The second-order valence-corrected chi connectivity index (χ2v) is 6.63. The van der Waals surface area contributed by atoms with E-state index in [2.05, 4.69) is 13.8 Å². The summed E-state index contributed by atoms with van der Waals surface area (Å²) < 4.78 is 5.03. The maximum absolute atomic E-state index is 9.84. The highest BCUT2D eigenvalue weighted by atomic mass is 16.5. The Hall–Kier alpha value is -2.98. The first-order valence-corrected chi connectivity index (χ1v) is 7.67. The van der Waals surface area contributed by atoms with E-state index in [-0.39, 0.29) is 16.7 Å². The molecule has 0 aliphatic heterocycles. The van der Waals surface area contributed by atoms with Gasteiger partial charge in [-0.25, -0.2) is 0 Å². The van der Waals surface area contributed by atoms with E-state index in [9.17, 15) is 5.11 Å². The van der Waals surface area contributed by atoms with Crippen molar-refractivity contribution in [2.24, 2.45) is 5.41 Å². The normalized spacial score (nSPS) is 16.2. The van der Waals surface area contributed by atoms with Gasteiger partial charge < -0.3 is 9.84 Å². The summed E-state index contributed by atoms with van der Waals surface area (Å²) in [6.07, 6.45) is 7.37. The van der Waals surface area contributed by atoms with Crippen LogP contribution in [0.4, 0.5) is 0 Å². The molecule has 122 valence electrons. The van der Waals surface area contributed by atoms with Crippen LogP contribution < -0.4 is 4.74 Å². The zero-order chi connectivity index (χ0) is 17.7. The van der Waals surface area contributed by atoms with Gasteiger partial charge in [-0.3, -0.25) is 0 Å². The number of aromatic hydroxyl groups is 1. The lowest BCUT2D eigenvalue weighted by Crippen LogP contribution is -2.17. The number of hydrogen-bond donors (Lipinski definition) is 1. The lowest BCUT2D eigenvalue weighted by atomic mass is 9.74. The maximum atomic E-state index is 9.84. The highest BCUT2D eigenvalue weighted by Crippen LogP contribution is 2.39. The van der Waals surface area contributed by atoms with Crippen LogP contribution >= 0.6 is 0 Å². The maximum Gasteiger partial charge on any atom is 0.160 e. The van der Waals surface area contributed by atoms with Gasteiger partial charge in [-0.2, -0.15) is 10.5 Å². The number of nitriles is 2. The Balaban J connectivity index is 2.34. The van der Waals surface area contributed by atoms with Gasteiger partial charge in [-0.1, -0.05) is 38.1 Å². The molecule has 0 unspecified atom stereocenters. The highest BCUT2D eigenvalue weighted by molar-refractivity contribution is 5.59. The zero-order valence-electron chi connectivity index (χ0n) is 14.1. The molecular formula is C20H20N2O2. The largest absolute Gasteiger partial charge is 0.504 e. The Morgan fingerprint density at radius 3 is 2.50 bits per heavy atom. The van der Waals surface area contributed by atoms with Crippen LogP contribution in [-0.2, 0) is 0 Å². The molecule has 0 atom stereocenters. The topological polar surface area (TPSA) is 77.0 Å². The molecule has 0 amide bonds. The van der Waals surface area contributed by atoms with Gasteiger partial charge in [0, 0.05) is 0 Å². The van der Waals surface area contributed by atoms with Crippen molar-refractivity contribution in [1.82, 2.24) is 0 Å². The fraction of sp³-hybridized carbons (Fsp3) is 0.300. The average molecular weight is 320 g/mol. The smallest absolute Gasteiger partial charge is 0.160 e. The molecular weight excluding hydrogens is 300 g/mol. The minimum absolute atomic E-state index is 0.00917. The molecule has 0 fully saturated rings. The first kappa shape index (κ1) is 17.4. The SMILES string of the molecule is COc1ccc(/C=C/C2=CC(=C(C#N)C#N)CC(C)(C)C2)cc1O. The average Bonchev–Trinajstić information content (AvgIpc) is 2.53. The number of rotatable bonds is 3. The van der Waals surface area contributed by atoms with Gasteiger partial charge in [0.15, 0.2) is 11.5 Å². The molecule has 0 radical (unpaired) electrons. The third kappa shape index (κ3) is 4.06. The highest BCUT2D eigenvalue weighted by Gasteiger charge is 2.26. The van der Waals surface area contributed by atoms with Crippen molar-refractivity contribution in [3.63, 3.8) is 0 Å². The molecule has 4 nitrogen and oxygen atoms in total. The van der Waals surface area contributed by atoms with Gasteiger partial charge in [-0.05, 0) is 47.1 Å². The molecule has 0 aromatic heterocycles. The molecule has 1 aliphatic rings. The monoisotopic (exact) mass is 320 g/mol. The van der Waals surface area contributed by atoms with Crippen molar-refractivity contribution in [3.05, 3.63) is 52.6 Å². The van der Waals surface area contributed by atoms with Gasteiger partial charge in [0.25, 0.3) is 0 Å². The summed E-state index contributed by atoms with van der Waals surface area (Å²) in [5, 5.41) is 28.0. The zero-order valence-corrected chi connectivity index (χ0v) is 14.1. The van der Waals surface area contributed by atoms with Crippen molar-refractivity contribution >= 4 is 6.08 Å². The third-order valence-corrected chi connectivity index (χ3v) is 3.95. The first-order chi connectivity index (χ1) is 11.4. The van der Waals surface area contributed by atoms with E-state index in [0.717, 1.165) is 23.1 Å². The summed E-state index contributed by atoms with van der Waals surface area (Å²) in [6, 6.07) is 9.16. The van der Waals surface area contributed by atoms with Crippen LogP contribution in [0.2, 0.25) is 0 Å². The lowest BCUT2D eigenvalue weighted by Gasteiger charge is -2.30. The van der Waals surface area contributed by atoms with Crippen LogP contribution in [0.15, 0.2) is 47.1 Å². The van der Waals surface area contributed by atoms with Crippen LogP contribution in [0.5, 0.6) is 11.5 Å². The minimum Gasteiger partial charge on any atom is -0.504 e. The Labute approximate surface area is 142 Å². The molecule has 0 spiro atoms. The molecule has 1 aliphatic carbocycles. The van der Waals surface area contributed by atoms with Gasteiger partial charge >= 0.3 is 0 Å². The second kappa shape index (κ2) is 7.06. The number of benzene rings is 1. The summed E-state index contributed by atoms with van der Waals surface area (Å²) in [5.41, 5.74) is 2.86. The summed E-state index contributed by atoms with van der Waals surface area (Å²) in [4.78, 5) is 0. The van der Waals surface area contributed by atoms with E-state index in [1.807, 2.05) is 36.4 Å². The van der Waals surface area contributed by atoms with Crippen LogP contribution in [-0.4, -0.2) is 12.2 Å². The number of phenols is 1. The number of methoxy groups -OCH3 is 1. The lowest BCUT2D eigenvalue weighted by molar-refractivity contribution is 0.354. The number of nitrogens with zero attached hydrogens (tertiary/aromatic N) is 2. The van der Waals surface area contributed by atoms with Crippen molar-refractivity contribution in [2.45, 2.75) is 26.7 Å². The van der Waals surface area contributed by atoms with E-state index in [0.29, 0.717) is 12.2 Å². The van der Waals surface area contributed by atoms with Crippen LogP contribution in [0.3, 0.4) is 0 Å². The Kier molecular flexibility index (Phi) is 5.11.